The topological polar surface area (TPSA) is 55.8 Å². The zero-order valence-corrected chi connectivity index (χ0v) is 20.3. The van der Waals surface area contributed by atoms with E-state index in [4.69, 9.17) is 14.6 Å². The molecule has 0 aliphatic rings. The molecule has 0 saturated carbocycles. The van der Waals surface area contributed by atoms with Crippen molar-refractivity contribution in [2.24, 2.45) is 0 Å². The van der Waals surface area contributed by atoms with Gasteiger partial charge in [-0.15, -0.1) is 0 Å². The molecule has 0 atom stereocenters. The molecule has 1 N–H and O–H groups in total. The lowest BCUT2D eigenvalue weighted by Crippen LogP contribution is -2.19. The molecule has 0 spiro atoms. The molecule has 0 fully saturated rings. The van der Waals surface area contributed by atoms with Crippen molar-refractivity contribution < 1.29 is 19.4 Å². The van der Waals surface area contributed by atoms with E-state index in [1.807, 2.05) is 0 Å². The van der Waals surface area contributed by atoms with Crippen LogP contribution in [0.2, 0.25) is 0 Å². The minimum absolute atomic E-state index is 0.159. The van der Waals surface area contributed by atoms with Crippen LogP contribution in [0, 0.1) is 0 Å². The Morgan fingerprint density at radius 2 is 1.00 bits per heavy atom. The van der Waals surface area contributed by atoms with Crippen LogP contribution >= 0.6 is 0 Å². The molecular weight excluding hydrogens is 376 g/mol. The zero-order valence-electron chi connectivity index (χ0n) is 20.3. The molecule has 0 aromatic carbocycles. The highest BCUT2D eigenvalue weighted by Gasteiger charge is 2.10. The number of carboxylic acid groups (broad SMARTS) is 1. The third-order valence-corrected chi connectivity index (χ3v) is 5.68. The number of carboxylic acids is 1. The molecule has 0 aliphatic heterocycles. The molecule has 0 heterocycles. The van der Waals surface area contributed by atoms with Gasteiger partial charge in [0.2, 0.25) is 0 Å². The number of rotatable bonds is 25. The maximum Gasteiger partial charge on any atom is 0.303 e. The summed E-state index contributed by atoms with van der Waals surface area (Å²) >= 11 is 0. The summed E-state index contributed by atoms with van der Waals surface area (Å²) in [6.07, 6.45) is 23.2. The maximum absolute atomic E-state index is 10.7. The maximum atomic E-state index is 10.7. The van der Waals surface area contributed by atoms with Crippen LogP contribution in [0.25, 0.3) is 0 Å². The molecule has 0 saturated heterocycles. The Morgan fingerprint density at radius 3 is 1.40 bits per heavy atom. The van der Waals surface area contributed by atoms with Gasteiger partial charge in [0.05, 0.1) is 0 Å². The van der Waals surface area contributed by atoms with Crippen molar-refractivity contribution in [1.82, 2.24) is 0 Å². The molecule has 0 unspecified atom stereocenters. The lowest BCUT2D eigenvalue weighted by Gasteiger charge is -2.19. The van der Waals surface area contributed by atoms with Crippen LogP contribution in [0.15, 0.2) is 0 Å². The zero-order chi connectivity index (χ0) is 22.1. The van der Waals surface area contributed by atoms with Crippen molar-refractivity contribution in [1.29, 1.82) is 0 Å². The molecular formula is C26H52O4. The van der Waals surface area contributed by atoms with Gasteiger partial charge >= 0.3 is 5.97 Å². The molecule has 4 heteroatoms. The smallest absolute Gasteiger partial charge is 0.303 e. The van der Waals surface area contributed by atoms with Crippen molar-refractivity contribution in [2.45, 2.75) is 149 Å². The van der Waals surface area contributed by atoms with Crippen LogP contribution in [0.3, 0.4) is 0 Å². The van der Waals surface area contributed by atoms with E-state index in [1.165, 1.54) is 89.9 Å². The number of hydrogen-bond donors (Lipinski definition) is 1. The van der Waals surface area contributed by atoms with Crippen molar-refractivity contribution in [3.63, 3.8) is 0 Å². The lowest BCUT2D eigenvalue weighted by atomic mass is 10.1. The first kappa shape index (κ1) is 29.4. The molecule has 0 aromatic heterocycles. The SMILES string of the molecule is CCCCCCCCCCOC(CCCCC(=O)O)OCCCCCCCCCC. The van der Waals surface area contributed by atoms with E-state index in [1.54, 1.807) is 0 Å². The van der Waals surface area contributed by atoms with Crippen molar-refractivity contribution in [3.05, 3.63) is 0 Å². The fraction of sp³-hybridized carbons (Fsp3) is 0.962. The first-order valence-corrected chi connectivity index (χ1v) is 13.2. The van der Waals surface area contributed by atoms with Crippen LogP contribution in [0.1, 0.15) is 142 Å². The average Bonchev–Trinajstić information content (AvgIpc) is 2.73. The molecule has 0 radical (unpaired) electrons. The van der Waals surface area contributed by atoms with E-state index < -0.39 is 5.97 Å². The summed E-state index contributed by atoms with van der Waals surface area (Å²) in [5, 5.41) is 8.80. The van der Waals surface area contributed by atoms with E-state index >= 15 is 0 Å². The number of hydrogen-bond acceptors (Lipinski definition) is 3. The quantitative estimate of drug-likeness (QED) is 0.117. The van der Waals surface area contributed by atoms with E-state index in [9.17, 15) is 4.79 Å². The van der Waals surface area contributed by atoms with Crippen LogP contribution in [-0.2, 0) is 14.3 Å². The Kier molecular flexibility index (Phi) is 24.2. The standard InChI is InChI=1S/C26H52O4/c1-3-5-7-9-11-13-15-19-23-29-26(22-18-17-21-25(27)28)30-24-20-16-14-12-10-8-6-4-2/h26H,3-24H2,1-2H3,(H,27,28). The minimum Gasteiger partial charge on any atom is -0.481 e. The first-order chi connectivity index (χ1) is 14.7. The predicted octanol–water partition coefficient (Wildman–Crippen LogP) is 8.27. The molecule has 0 aliphatic carbocycles. The van der Waals surface area contributed by atoms with Gasteiger partial charge in [-0.3, -0.25) is 4.79 Å². The Morgan fingerprint density at radius 1 is 0.600 bits per heavy atom. The summed E-state index contributed by atoms with van der Waals surface area (Å²) in [5.74, 6) is -0.716. The molecule has 30 heavy (non-hydrogen) atoms. The lowest BCUT2D eigenvalue weighted by molar-refractivity contribution is -0.148. The molecule has 0 rings (SSSR count). The summed E-state index contributed by atoms with van der Waals surface area (Å²) in [5.41, 5.74) is 0. The number of carbonyl (C=O) groups is 1. The molecule has 4 nitrogen and oxygen atoms in total. The molecule has 180 valence electrons. The van der Waals surface area contributed by atoms with Gasteiger partial charge < -0.3 is 14.6 Å². The van der Waals surface area contributed by atoms with Crippen molar-refractivity contribution >= 4 is 5.97 Å². The van der Waals surface area contributed by atoms with E-state index in [0.717, 1.165) is 38.9 Å². The number of ether oxygens (including phenoxy) is 2. The second-order valence-corrected chi connectivity index (χ2v) is 8.76. The molecule has 0 bridgehead atoms. The Bertz CT molecular complexity index is 324. The van der Waals surface area contributed by atoms with E-state index in [2.05, 4.69) is 13.8 Å². The number of unbranched alkanes of at least 4 members (excludes halogenated alkanes) is 15. The highest BCUT2D eigenvalue weighted by molar-refractivity contribution is 5.66. The summed E-state index contributed by atoms with van der Waals surface area (Å²) in [6.45, 7) is 6.03. The van der Waals surface area contributed by atoms with Gasteiger partial charge in [0.1, 0.15) is 0 Å². The fourth-order valence-corrected chi connectivity index (χ4v) is 3.70. The van der Waals surface area contributed by atoms with E-state index in [0.29, 0.717) is 6.42 Å². The Hall–Kier alpha value is -0.610. The van der Waals surface area contributed by atoms with Gasteiger partial charge in [-0.1, -0.05) is 104 Å². The van der Waals surface area contributed by atoms with Gasteiger partial charge in [-0.2, -0.15) is 0 Å². The Balaban J connectivity index is 3.79. The highest BCUT2D eigenvalue weighted by atomic mass is 16.7. The van der Waals surface area contributed by atoms with Crippen molar-refractivity contribution in [3.8, 4) is 0 Å². The summed E-state index contributed by atoms with van der Waals surface area (Å²) in [4.78, 5) is 10.7. The van der Waals surface area contributed by atoms with Crippen molar-refractivity contribution in [2.75, 3.05) is 13.2 Å². The summed E-state index contributed by atoms with van der Waals surface area (Å²) in [6, 6.07) is 0. The van der Waals surface area contributed by atoms with Gasteiger partial charge in [0, 0.05) is 19.6 Å². The van der Waals surface area contributed by atoms with Gasteiger partial charge in [0.15, 0.2) is 6.29 Å². The Labute approximate surface area is 187 Å². The fourth-order valence-electron chi connectivity index (χ4n) is 3.70. The van der Waals surface area contributed by atoms with E-state index in [-0.39, 0.29) is 12.7 Å². The summed E-state index contributed by atoms with van der Waals surface area (Å²) < 4.78 is 12.0. The normalized spacial score (nSPS) is 11.4. The minimum atomic E-state index is -0.716. The average molecular weight is 429 g/mol. The largest absolute Gasteiger partial charge is 0.481 e. The van der Waals surface area contributed by atoms with Crippen LogP contribution in [-0.4, -0.2) is 30.6 Å². The number of aliphatic carboxylic acids is 1. The van der Waals surface area contributed by atoms with Crippen LogP contribution < -0.4 is 0 Å². The third-order valence-electron chi connectivity index (χ3n) is 5.68. The second kappa shape index (κ2) is 24.7. The second-order valence-electron chi connectivity index (χ2n) is 8.76. The third kappa shape index (κ3) is 23.7. The highest BCUT2D eigenvalue weighted by Crippen LogP contribution is 2.13. The predicted molar refractivity (Wildman–Crippen MR) is 127 cm³/mol. The van der Waals surface area contributed by atoms with Gasteiger partial charge in [0.25, 0.3) is 0 Å². The van der Waals surface area contributed by atoms with Gasteiger partial charge in [-0.05, 0) is 32.1 Å². The van der Waals surface area contributed by atoms with Gasteiger partial charge in [-0.25, -0.2) is 0 Å². The van der Waals surface area contributed by atoms with Crippen LogP contribution in [0.4, 0.5) is 0 Å². The molecule has 0 aromatic rings. The first-order valence-electron chi connectivity index (χ1n) is 13.2. The summed E-state index contributed by atoms with van der Waals surface area (Å²) in [7, 11) is 0. The molecule has 0 amide bonds. The monoisotopic (exact) mass is 428 g/mol. The van der Waals surface area contributed by atoms with Crippen LogP contribution in [0.5, 0.6) is 0 Å².